The molecule has 0 amide bonds. The van der Waals surface area contributed by atoms with Crippen molar-refractivity contribution in [3.05, 3.63) is 0 Å². The van der Waals surface area contributed by atoms with Crippen LogP contribution in [0.3, 0.4) is 0 Å². The maximum atomic E-state index is 9.51. The first-order valence-corrected chi connectivity index (χ1v) is 6.05. The van der Waals surface area contributed by atoms with E-state index in [2.05, 4.69) is 22.7 Å². The third-order valence-electron chi connectivity index (χ3n) is 2.43. The molecule has 3 atom stereocenters. The normalized spacial score (nSPS) is 16.8. The van der Waals surface area contributed by atoms with Gasteiger partial charge in [0.2, 0.25) is 0 Å². The average Bonchev–Trinajstić information content (AvgIpc) is 2.29. The Morgan fingerprint density at radius 3 is 2.47 bits per heavy atom. The van der Waals surface area contributed by atoms with Crippen LogP contribution in [0.2, 0.25) is 0 Å². The first-order chi connectivity index (χ1) is 8.11. The number of ether oxygens (including phenoxy) is 2. The van der Waals surface area contributed by atoms with E-state index in [9.17, 15) is 5.11 Å². The van der Waals surface area contributed by atoms with E-state index in [0.717, 1.165) is 12.8 Å². The second kappa shape index (κ2) is 10.9. The standard InChI is InChI=1S/C11H25NO5/c1-4-5-7-14-9(2)10(3)16-11(13)6-8-15-17-12/h9-11,13H,4-8,12H2,1-3H3/t9-,10?,11?/m0/s1. The molecule has 0 rings (SSSR count). The largest absolute Gasteiger partial charge is 0.376 e. The van der Waals surface area contributed by atoms with E-state index in [-0.39, 0.29) is 18.8 Å². The molecule has 0 aromatic carbocycles. The van der Waals surface area contributed by atoms with Gasteiger partial charge >= 0.3 is 0 Å². The van der Waals surface area contributed by atoms with Crippen LogP contribution in [-0.2, 0) is 19.3 Å². The van der Waals surface area contributed by atoms with Crippen molar-refractivity contribution in [1.82, 2.24) is 0 Å². The van der Waals surface area contributed by atoms with Gasteiger partial charge in [0, 0.05) is 13.0 Å². The summed E-state index contributed by atoms with van der Waals surface area (Å²) in [6.07, 6.45) is 1.28. The molecule has 0 fully saturated rings. The van der Waals surface area contributed by atoms with E-state index in [4.69, 9.17) is 9.47 Å². The molecule has 0 aliphatic rings. The minimum Gasteiger partial charge on any atom is -0.376 e. The Morgan fingerprint density at radius 2 is 1.88 bits per heavy atom. The lowest BCUT2D eigenvalue weighted by Crippen LogP contribution is -2.31. The summed E-state index contributed by atoms with van der Waals surface area (Å²) in [5.41, 5.74) is 0. The summed E-state index contributed by atoms with van der Waals surface area (Å²) in [6, 6.07) is 0. The third kappa shape index (κ3) is 9.46. The van der Waals surface area contributed by atoms with Gasteiger partial charge in [0.25, 0.3) is 0 Å². The van der Waals surface area contributed by atoms with E-state index in [0.29, 0.717) is 13.0 Å². The first kappa shape index (κ1) is 16.8. The number of hydrogen-bond donors (Lipinski definition) is 2. The highest BCUT2D eigenvalue weighted by Crippen LogP contribution is 2.08. The van der Waals surface area contributed by atoms with Crippen LogP contribution in [0, 0.1) is 0 Å². The Labute approximate surface area is 103 Å². The van der Waals surface area contributed by atoms with Gasteiger partial charge in [-0.3, -0.25) is 0 Å². The van der Waals surface area contributed by atoms with Gasteiger partial charge in [-0.05, 0) is 20.3 Å². The minimum atomic E-state index is -0.905. The summed E-state index contributed by atoms with van der Waals surface area (Å²) in [6.45, 7) is 6.78. The molecule has 2 unspecified atom stereocenters. The van der Waals surface area contributed by atoms with Gasteiger partial charge in [-0.15, -0.1) is 4.99 Å². The van der Waals surface area contributed by atoms with Crippen molar-refractivity contribution < 1.29 is 24.5 Å². The van der Waals surface area contributed by atoms with Gasteiger partial charge in [0.15, 0.2) is 6.29 Å². The molecular weight excluding hydrogens is 226 g/mol. The molecule has 0 aliphatic carbocycles. The summed E-state index contributed by atoms with van der Waals surface area (Å²) in [7, 11) is 0. The lowest BCUT2D eigenvalue weighted by Gasteiger charge is -2.23. The maximum absolute atomic E-state index is 9.51. The number of unbranched alkanes of at least 4 members (excludes halogenated alkanes) is 1. The van der Waals surface area contributed by atoms with Crippen LogP contribution in [-0.4, -0.2) is 36.8 Å². The number of nitrogens with two attached hydrogens (primary N) is 1. The molecule has 3 N–H and O–H groups in total. The maximum Gasteiger partial charge on any atom is 0.157 e. The van der Waals surface area contributed by atoms with E-state index < -0.39 is 6.29 Å². The molecular formula is C11H25NO5. The highest BCUT2D eigenvalue weighted by atomic mass is 17.3. The Balaban J connectivity index is 3.62. The summed E-state index contributed by atoms with van der Waals surface area (Å²) in [5, 5.41) is 9.51. The fraction of sp³-hybridized carbons (Fsp3) is 1.00. The molecule has 0 aromatic rings. The monoisotopic (exact) mass is 251 g/mol. The van der Waals surface area contributed by atoms with Gasteiger partial charge in [-0.25, -0.2) is 4.89 Å². The highest BCUT2D eigenvalue weighted by Gasteiger charge is 2.17. The van der Waals surface area contributed by atoms with Crippen LogP contribution >= 0.6 is 0 Å². The average molecular weight is 251 g/mol. The molecule has 104 valence electrons. The summed E-state index contributed by atoms with van der Waals surface area (Å²) < 4.78 is 10.9. The quantitative estimate of drug-likeness (QED) is 0.248. The van der Waals surface area contributed by atoms with E-state index in [1.54, 1.807) is 0 Å². The summed E-state index contributed by atoms with van der Waals surface area (Å²) in [5.74, 6) is 4.67. The molecule has 0 saturated carbocycles. The summed E-state index contributed by atoms with van der Waals surface area (Å²) in [4.78, 5) is 8.35. The third-order valence-corrected chi connectivity index (χ3v) is 2.43. The second-order valence-electron chi connectivity index (χ2n) is 3.93. The predicted octanol–water partition coefficient (Wildman–Crippen LogP) is 1.13. The van der Waals surface area contributed by atoms with Gasteiger partial charge in [0.1, 0.15) is 0 Å². The second-order valence-corrected chi connectivity index (χ2v) is 3.93. The Kier molecular flexibility index (Phi) is 10.7. The van der Waals surface area contributed by atoms with Gasteiger partial charge in [-0.1, -0.05) is 13.3 Å². The van der Waals surface area contributed by atoms with Crippen molar-refractivity contribution in [1.29, 1.82) is 0 Å². The van der Waals surface area contributed by atoms with Crippen molar-refractivity contribution in [3.63, 3.8) is 0 Å². The molecule has 0 radical (unpaired) electrons. The molecule has 6 nitrogen and oxygen atoms in total. The van der Waals surface area contributed by atoms with E-state index in [1.807, 2.05) is 13.8 Å². The zero-order chi connectivity index (χ0) is 13.1. The van der Waals surface area contributed by atoms with Crippen LogP contribution in [0.15, 0.2) is 0 Å². The first-order valence-electron chi connectivity index (χ1n) is 6.05. The molecule has 0 bridgehead atoms. The van der Waals surface area contributed by atoms with E-state index >= 15 is 0 Å². The molecule has 0 saturated heterocycles. The van der Waals surface area contributed by atoms with Crippen LogP contribution in [0.4, 0.5) is 0 Å². The van der Waals surface area contributed by atoms with Gasteiger partial charge in [0.05, 0.1) is 18.8 Å². The molecule has 17 heavy (non-hydrogen) atoms. The predicted molar refractivity (Wildman–Crippen MR) is 62.7 cm³/mol. The summed E-state index contributed by atoms with van der Waals surface area (Å²) >= 11 is 0. The van der Waals surface area contributed by atoms with Crippen molar-refractivity contribution in [3.8, 4) is 0 Å². The van der Waals surface area contributed by atoms with Gasteiger partial charge in [-0.2, -0.15) is 5.90 Å². The number of hydrogen-bond acceptors (Lipinski definition) is 6. The minimum absolute atomic E-state index is 0.0529. The van der Waals surface area contributed by atoms with Crippen LogP contribution in [0.1, 0.15) is 40.0 Å². The van der Waals surface area contributed by atoms with Crippen molar-refractivity contribution in [2.75, 3.05) is 13.2 Å². The van der Waals surface area contributed by atoms with Crippen molar-refractivity contribution in [2.24, 2.45) is 5.90 Å². The molecule has 0 aliphatic heterocycles. The highest BCUT2D eigenvalue weighted by molar-refractivity contribution is 4.61. The number of rotatable bonds is 11. The Bertz CT molecular complexity index is 170. The lowest BCUT2D eigenvalue weighted by molar-refractivity contribution is -0.307. The topological polar surface area (TPSA) is 83.2 Å². The van der Waals surface area contributed by atoms with Crippen molar-refractivity contribution >= 4 is 0 Å². The molecule has 0 spiro atoms. The Hall–Kier alpha value is -0.240. The molecule has 0 aromatic heterocycles. The lowest BCUT2D eigenvalue weighted by atomic mass is 10.2. The molecule has 0 heterocycles. The van der Waals surface area contributed by atoms with Crippen LogP contribution in [0.25, 0.3) is 0 Å². The zero-order valence-corrected chi connectivity index (χ0v) is 10.9. The molecule has 6 heteroatoms. The fourth-order valence-corrected chi connectivity index (χ4v) is 1.17. The Morgan fingerprint density at radius 1 is 1.18 bits per heavy atom. The van der Waals surface area contributed by atoms with Crippen molar-refractivity contribution in [2.45, 2.75) is 58.5 Å². The SMILES string of the molecule is CCCCO[C@@H](C)C(C)OC(O)CCOON. The van der Waals surface area contributed by atoms with Gasteiger partial charge < -0.3 is 14.6 Å². The number of aliphatic hydroxyl groups is 1. The zero-order valence-electron chi connectivity index (χ0n) is 10.9. The van der Waals surface area contributed by atoms with Crippen LogP contribution < -0.4 is 5.90 Å². The smallest absolute Gasteiger partial charge is 0.157 e. The fourth-order valence-electron chi connectivity index (χ4n) is 1.17. The van der Waals surface area contributed by atoms with E-state index in [1.165, 1.54) is 0 Å². The number of aliphatic hydroxyl groups excluding tert-OH is 1. The van der Waals surface area contributed by atoms with Crippen LogP contribution in [0.5, 0.6) is 0 Å².